The van der Waals surface area contributed by atoms with Crippen molar-refractivity contribution in [3.05, 3.63) is 12.2 Å². The topological polar surface area (TPSA) is 88.1 Å². The van der Waals surface area contributed by atoms with E-state index in [2.05, 4.69) is 10.2 Å². The number of carbonyl (C=O) groups is 2. The molecule has 3 heterocycles. The van der Waals surface area contributed by atoms with Gasteiger partial charge in [-0.25, -0.2) is 0 Å². The fraction of sp³-hybridized carbons (Fsp3) is 0.714. The van der Waals surface area contributed by atoms with Crippen LogP contribution >= 0.6 is 0 Å². The normalized spacial score (nSPS) is 35.0. The minimum Gasteiger partial charge on any atom is -0.481 e. The van der Waals surface area contributed by atoms with Crippen molar-refractivity contribution in [2.75, 3.05) is 39.4 Å². The summed E-state index contributed by atoms with van der Waals surface area (Å²) in [5.41, 5.74) is 0. The number of amides is 1. The Balaban J connectivity index is 1.50. The van der Waals surface area contributed by atoms with Gasteiger partial charge in [0.1, 0.15) is 5.92 Å². The molecule has 116 valence electrons. The molecule has 0 aromatic rings. The summed E-state index contributed by atoms with van der Waals surface area (Å²) in [6.45, 7) is 4.45. The van der Waals surface area contributed by atoms with Gasteiger partial charge in [0, 0.05) is 26.2 Å². The zero-order valence-corrected chi connectivity index (χ0v) is 11.7. The molecule has 0 aromatic heterocycles. The van der Waals surface area contributed by atoms with Crippen molar-refractivity contribution in [2.24, 2.45) is 11.8 Å². The summed E-state index contributed by atoms with van der Waals surface area (Å²) in [5, 5.41) is 12.1. The molecule has 3 aliphatic heterocycles. The molecule has 2 N–H and O–H groups in total. The predicted octanol–water partition coefficient (Wildman–Crippen LogP) is -0.911. The van der Waals surface area contributed by atoms with E-state index in [1.807, 2.05) is 0 Å². The summed E-state index contributed by atoms with van der Waals surface area (Å²) in [4.78, 5) is 25.8. The smallest absolute Gasteiger partial charge is 0.310 e. The van der Waals surface area contributed by atoms with Gasteiger partial charge in [-0.3, -0.25) is 14.5 Å². The summed E-state index contributed by atoms with van der Waals surface area (Å²) >= 11 is 0. The number of nitrogens with one attached hydrogen (secondary N) is 1. The number of carbonyl (C=O) groups excluding carboxylic acids is 1. The van der Waals surface area contributed by atoms with Crippen molar-refractivity contribution in [3.63, 3.8) is 0 Å². The van der Waals surface area contributed by atoms with E-state index >= 15 is 0 Å². The fourth-order valence-corrected chi connectivity index (χ4v) is 3.19. The first-order valence-electron chi connectivity index (χ1n) is 7.31. The van der Waals surface area contributed by atoms with Crippen LogP contribution in [0, 0.1) is 11.8 Å². The van der Waals surface area contributed by atoms with Crippen LogP contribution in [0.3, 0.4) is 0 Å². The first-order valence-corrected chi connectivity index (χ1v) is 7.31. The van der Waals surface area contributed by atoms with Crippen LogP contribution in [-0.2, 0) is 19.1 Å². The zero-order chi connectivity index (χ0) is 14.8. The van der Waals surface area contributed by atoms with E-state index in [-0.39, 0.29) is 5.91 Å². The highest BCUT2D eigenvalue weighted by atomic mass is 16.5. The van der Waals surface area contributed by atoms with Gasteiger partial charge >= 0.3 is 5.97 Å². The number of ether oxygens (including phenoxy) is 2. The van der Waals surface area contributed by atoms with Gasteiger partial charge in [-0.2, -0.15) is 0 Å². The summed E-state index contributed by atoms with van der Waals surface area (Å²) in [5.74, 6) is -2.60. The lowest BCUT2D eigenvalue weighted by Gasteiger charge is -2.27. The molecule has 0 aromatic carbocycles. The maximum Gasteiger partial charge on any atom is 0.310 e. The van der Waals surface area contributed by atoms with E-state index in [0.717, 1.165) is 32.8 Å². The summed E-state index contributed by atoms with van der Waals surface area (Å²) in [7, 11) is 0. The first kappa shape index (κ1) is 14.5. The van der Waals surface area contributed by atoms with Crippen molar-refractivity contribution in [1.82, 2.24) is 10.2 Å². The van der Waals surface area contributed by atoms with E-state index < -0.39 is 30.0 Å². The van der Waals surface area contributed by atoms with E-state index in [0.29, 0.717) is 6.54 Å². The Kier molecular flexibility index (Phi) is 4.23. The second kappa shape index (κ2) is 6.13. The third kappa shape index (κ3) is 2.95. The number of hydrogen-bond donors (Lipinski definition) is 2. The van der Waals surface area contributed by atoms with Gasteiger partial charge in [-0.1, -0.05) is 12.2 Å². The Labute approximate surface area is 122 Å². The lowest BCUT2D eigenvalue weighted by atomic mass is 9.82. The number of morpholine rings is 1. The third-order valence-electron chi connectivity index (χ3n) is 4.32. The van der Waals surface area contributed by atoms with Crippen molar-refractivity contribution < 1.29 is 24.2 Å². The van der Waals surface area contributed by atoms with Gasteiger partial charge in [-0.05, 0) is 0 Å². The molecular weight excluding hydrogens is 276 g/mol. The average Bonchev–Trinajstić information content (AvgIpc) is 3.08. The van der Waals surface area contributed by atoms with Gasteiger partial charge < -0.3 is 19.9 Å². The first-order chi connectivity index (χ1) is 10.2. The summed E-state index contributed by atoms with van der Waals surface area (Å²) < 4.78 is 10.8. The van der Waals surface area contributed by atoms with Crippen LogP contribution in [0.15, 0.2) is 12.2 Å². The highest BCUT2D eigenvalue weighted by Gasteiger charge is 2.53. The van der Waals surface area contributed by atoms with E-state index in [1.54, 1.807) is 12.2 Å². The van der Waals surface area contributed by atoms with E-state index in [9.17, 15) is 14.7 Å². The Morgan fingerprint density at radius 1 is 1.19 bits per heavy atom. The van der Waals surface area contributed by atoms with Crippen LogP contribution < -0.4 is 5.32 Å². The molecule has 21 heavy (non-hydrogen) atoms. The summed E-state index contributed by atoms with van der Waals surface area (Å²) in [6.07, 6.45) is 2.65. The number of rotatable bonds is 5. The van der Waals surface area contributed by atoms with Crippen molar-refractivity contribution >= 4 is 11.9 Å². The number of hydrogen-bond acceptors (Lipinski definition) is 5. The van der Waals surface area contributed by atoms with Crippen molar-refractivity contribution in [1.29, 1.82) is 0 Å². The molecule has 0 spiro atoms. The second-order valence-electron chi connectivity index (χ2n) is 5.59. The lowest BCUT2D eigenvalue weighted by molar-refractivity contribution is -0.146. The molecule has 3 aliphatic rings. The second-order valence-corrected chi connectivity index (χ2v) is 5.59. The number of nitrogens with zero attached hydrogens (tertiary/aromatic N) is 1. The van der Waals surface area contributed by atoms with Crippen LogP contribution in [0.25, 0.3) is 0 Å². The molecule has 0 saturated carbocycles. The van der Waals surface area contributed by atoms with Gasteiger partial charge in [0.25, 0.3) is 0 Å². The largest absolute Gasteiger partial charge is 0.481 e. The minimum atomic E-state index is -0.972. The SMILES string of the molecule is O=C(O)[C@@H]1[C@@H](C(=O)NCCN2CCOCC2)[C@@H]2C=C[C@@H]1O2. The number of fused-ring (bicyclic) bond motifs is 2. The molecule has 7 heteroatoms. The summed E-state index contributed by atoms with van der Waals surface area (Å²) in [6, 6.07) is 0. The highest BCUT2D eigenvalue weighted by molar-refractivity contribution is 5.87. The predicted molar refractivity (Wildman–Crippen MR) is 72.7 cm³/mol. The molecule has 1 amide bonds. The van der Waals surface area contributed by atoms with E-state index in [1.165, 1.54) is 0 Å². The molecule has 4 atom stereocenters. The zero-order valence-electron chi connectivity index (χ0n) is 11.7. The maximum atomic E-state index is 12.3. The van der Waals surface area contributed by atoms with Gasteiger partial charge in [0.05, 0.1) is 31.3 Å². The Morgan fingerprint density at radius 2 is 1.86 bits per heavy atom. The quantitative estimate of drug-likeness (QED) is 0.639. The molecular formula is C14H20N2O5. The fourth-order valence-electron chi connectivity index (χ4n) is 3.19. The van der Waals surface area contributed by atoms with Crippen LogP contribution in [0.5, 0.6) is 0 Å². The van der Waals surface area contributed by atoms with E-state index in [4.69, 9.17) is 9.47 Å². The Morgan fingerprint density at radius 3 is 2.52 bits per heavy atom. The number of aliphatic carboxylic acids is 1. The molecule has 0 unspecified atom stereocenters. The molecule has 7 nitrogen and oxygen atoms in total. The minimum absolute atomic E-state index is 0.229. The molecule has 3 rings (SSSR count). The van der Waals surface area contributed by atoms with Crippen LogP contribution in [-0.4, -0.2) is 73.5 Å². The van der Waals surface area contributed by atoms with Crippen LogP contribution in [0.1, 0.15) is 0 Å². The highest BCUT2D eigenvalue weighted by Crippen LogP contribution is 2.39. The average molecular weight is 296 g/mol. The monoisotopic (exact) mass is 296 g/mol. The Bertz CT molecular complexity index is 447. The molecule has 2 bridgehead atoms. The molecule has 2 fully saturated rings. The van der Waals surface area contributed by atoms with Gasteiger partial charge in [0.2, 0.25) is 5.91 Å². The maximum absolute atomic E-state index is 12.3. The van der Waals surface area contributed by atoms with Crippen molar-refractivity contribution in [2.45, 2.75) is 12.2 Å². The van der Waals surface area contributed by atoms with Crippen LogP contribution in [0.2, 0.25) is 0 Å². The van der Waals surface area contributed by atoms with Crippen molar-refractivity contribution in [3.8, 4) is 0 Å². The standard InChI is InChI=1S/C14H20N2O5/c17-13(15-3-4-16-5-7-20-8-6-16)11-9-1-2-10(21-9)12(11)14(18)19/h1-2,9-12H,3-8H2,(H,15,17)(H,18,19)/t9-,10-,11-,12-/m0/s1. The third-order valence-corrected chi connectivity index (χ3v) is 4.32. The van der Waals surface area contributed by atoms with Crippen LogP contribution in [0.4, 0.5) is 0 Å². The van der Waals surface area contributed by atoms with Gasteiger partial charge in [-0.15, -0.1) is 0 Å². The molecule has 0 aliphatic carbocycles. The number of carboxylic acid groups (broad SMARTS) is 1. The van der Waals surface area contributed by atoms with Gasteiger partial charge in [0.15, 0.2) is 0 Å². The molecule has 2 saturated heterocycles. The lowest BCUT2D eigenvalue weighted by Crippen LogP contribution is -2.46. The number of carboxylic acids is 1. The Hall–Kier alpha value is -1.44. The molecule has 0 radical (unpaired) electrons.